The Morgan fingerprint density at radius 2 is 1.52 bits per heavy atom. The molecule has 0 spiro atoms. The molecule has 2 aromatic rings. The van der Waals surface area contributed by atoms with Gasteiger partial charge in [-0.15, -0.1) is 0 Å². The topological polar surface area (TPSA) is 133 Å². The minimum atomic E-state index is -1.30. The van der Waals surface area contributed by atoms with Crippen molar-refractivity contribution in [2.45, 2.75) is 32.0 Å². The Balaban J connectivity index is 2.13. The van der Waals surface area contributed by atoms with E-state index in [9.17, 15) is 19.5 Å². The van der Waals surface area contributed by atoms with Gasteiger partial charge in [0.15, 0.2) is 0 Å². The molecule has 2 amide bonds. The van der Waals surface area contributed by atoms with Crippen molar-refractivity contribution in [3.8, 4) is 0 Å². The first kappa shape index (κ1) is 19.8. The first-order chi connectivity index (χ1) is 13.0. The summed E-state index contributed by atoms with van der Waals surface area (Å²) in [5.74, 6) is -2.42. The Morgan fingerprint density at radius 3 is 1.93 bits per heavy atom. The van der Waals surface area contributed by atoms with Crippen molar-refractivity contribution < 1.29 is 24.6 Å². The van der Waals surface area contributed by atoms with E-state index in [0.29, 0.717) is 11.4 Å². The highest BCUT2D eigenvalue weighted by molar-refractivity contribution is 5.83. The maximum atomic E-state index is 12.7. The van der Waals surface area contributed by atoms with Crippen molar-refractivity contribution in [1.29, 1.82) is 0 Å². The quantitative estimate of drug-likeness (QED) is 0.607. The van der Waals surface area contributed by atoms with Crippen LogP contribution in [0.15, 0.2) is 48.8 Å². The highest BCUT2D eigenvalue weighted by atomic mass is 16.4. The molecule has 2 rings (SSSR count). The van der Waals surface area contributed by atoms with Gasteiger partial charge in [0.25, 0.3) is 0 Å². The zero-order valence-electron chi connectivity index (χ0n) is 14.5. The SMILES string of the molecule is O=C(O)CC[C@H](NC(=O)N(Cc1ccccn1)Cc1ccccn1)C(=O)O. The smallest absolute Gasteiger partial charge is 0.326 e. The Hall–Kier alpha value is -3.49. The maximum absolute atomic E-state index is 12.7. The Morgan fingerprint density at radius 1 is 0.963 bits per heavy atom. The molecule has 0 aliphatic rings. The van der Waals surface area contributed by atoms with Gasteiger partial charge < -0.3 is 20.4 Å². The molecule has 3 N–H and O–H groups in total. The summed E-state index contributed by atoms with van der Waals surface area (Å²) in [6, 6.07) is 8.62. The number of carboxylic acids is 2. The monoisotopic (exact) mass is 372 g/mol. The molecule has 27 heavy (non-hydrogen) atoms. The van der Waals surface area contributed by atoms with Crippen LogP contribution >= 0.6 is 0 Å². The van der Waals surface area contributed by atoms with Crippen molar-refractivity contribution in [2.75, 3.05) is 0 Å². The van der Waals surface area contributed by atoms with Gasteiger partial charge in [0.05, 0.1) is 24.5 Å². The molecular weight excluding hydrogens is 352 g/mol. The summed E-state index contributed by atoms with van der Waals surface area (Å²) in [6.45, 7) is 0.295. The third kappa shape index (κ3) is 6.73. The van der Waals surface area contributed by atoms with Crippen molar-refractivity contribution in [3.05, 3.63) is 60.2 Å². The van der Waals surface area contributed by atoms with Gasteiger partial charge in [-0.25, -0.2) is 9.59 Å². The number of carbonyl (C=O) groups excluding carboxylic acids is 1. The van der Waals surface area contributed by atoms with E-state index in [1.54, 1.807) is 48.8 Å². The molecule has 0 aromatic carbocycles. The molecule has 0 saturated carbocycles. The number of aromatic nitrogens is 2. The van der Waals surface area contributed by atoms with Crippen LogP contribution in [0.2, 0.25) is 0 Å². The summed E-state index contributed by atoms with van der Waals surface area (Å²) in [7, 11) is 0. The van der Waals surface area contributed by atoms with Crippen molar-refractivity contribution in [1.82, 2.24) is 20.2 Å². The molecule has 0 saturated heterocycles. The molecule has 0 aliphatic carbocycles. The summed E-state index contributed by atoms with van der Waals surface area (Å²) in [5, 5.41) is 20.4. The van der Waals surface area contributed by atoms with Gasteiger partial charge in [-0.1, -0.05) is 12.1 Å². The largest absolute Gasteiger partial charge is 0.481 e. The molecule has 1 atom stereocenters. The maximum Gasteiger partial charge on any atom is 0.326 e. The van der Waals surface area contributed by atoms with Crippen LogP contribution in [0.4, 0.5) is 4.79 Å². The number of urea groups is 1. The van der Waals surface area contributed by atoms with Crippen LogP contribution in [0.25, 0.3) is 0 Å². The van der Waals surface area contributed by atoms with Crippen molar-refractivity contribution in [2.24, 2.45) is 0 Å². The summed E-state index contributed by atoms with van der Waals surface area (Å²) >= 11 is 0. The average Bonchev–Trinajstić information content (AvgIpc) is 2.65. The van der Waals surface area contributed by atoms with E-state index in [2.05, 4.69) is 15.3 Å². The fourth-order valence-electron chi connectivity index (χ4n) is 2.34. The van der Waals surface area contributed by atoms with Crippen molar-refractivity contribution in [3.63, 3.8) is 0 Å². The lowest BCUT2D eigenvalue weighted by atomic mass is 10.1. The molecule has 0 radical (unpaired) electrons. The number of rotatable bonds is 9. The summed E-state index contributed by atoms with van der Waals surface area (Å²) in [4.78, 5) is 44.4. The van der Waals surface area contributed by atoms with E-state index in [0.717, 1.165) is 0 Å². The van der Waals surface area contributed by atoms with Crippen LogP contribution in [0.1, 0.15) is 24.2 Å². The summed E-state index contributed by atoms with van der Waals surface area (Å²) in [6.07, 6.45) is 2.62. The minimum absolute atomic E-state index is 0.147. The van der Waals surface area contributed by atoms with Gasteiger partial charge in [0.2, 0.25) is 0 Å². The van der Waals surface area contributed by atoms with Crippen LogP contribution < -0.4 is 5.32 Å². The van der Waals surface area contributed by atoms with E-state index >= 15 is 0 Å². The highest BCUT2D eigenvalue weighted by Crippen LogP contribution is 2.09. The molecule has 2 aromatic heterocycles. The zero-order chi connectivity index (χ0) is 19.6. The van der Waals surface area contributed by atoms with Crippen LogP contribution in [-0.4, -0.2) is 49.1 Å². The van der Waals surface area contributed by atoms with Gasteiger partial charge in [-0.2, -0.15) is 0 Å². The Bertz CT molecular complexity index is 728. The Labute approximate surface area is 155 Å². The molecule has 0 unspecified atom stereocenters. The molecular formula is C18H20N4O5. The number of nitrogens with one attached hydrogen (secondary N) is 1. The first-order valence-corrected chi connectivity index (χ1v) is 8.25. The zero-order valence-corrected chi connectivity index (χ0v) is 14.5. The number of carbonyl (C=O) groups is 3. The number of pyridine rings is 2. The summed E-state index contributed by atoms with van der Waals surface area (Å²) in [5.41, 5.74) is 1.25. The number of hydrogen-bond donors (Lipinski definition) is 3. The third-order valence-corrected chi connectivity index (χ3v) is 3.69. The first-order valence-electron chi connectivity index (χ1n) is 8.25. The third-order valence-electron chi connectivity index (χ3n) is 3.69. The van der Waals surface area contributed by atoms with E-state index in [4.69, 9.17) is 5.11 Å². The second-order valence-electron chi connectivity index (χ2n) is 5.77. The van der Waals surface area contributed by atoms with Crippen molar-refractivity contribution >= 4 is 18.0 Å². The Kier molecular flexibility index (Phi) is 7.24. The molecule has 9 nitrogen and oxygen atoms in total. The van der Waals surface area contributed by atoms with Crippen LogP contribution in [-0.2, 0) is 22.7 Å². The van der Waals surface area contributed by atoms with E-state index < -0.39 is 24.0 Å². The molecule has 0 fully saturated rings. The highest BCUT2D eigenvalue weighted by Gasteiger charge is 2.24. The lowest BCUT2D eigenvalue weighted by Crippen LogP contribution is -2.47. The fourth-order valence-corrected chi connectivity index (χ4v) is 2.34. The molecule has 9 heteroatoms. The molecule has 0 aliphatic heterocycles. The number of amides is 2. The predicted octanol–water partition coefficient (Wildman–Crippen LogP) is 1.51. The van der Waals surface area contributed by atoms with Gasteiger partial charge in [0.1, 0.15) is 6.04 Å². The van der Waals surface area contributed by atoms with Crippen LogP contribution in [0.5, 0.6) is 0 Å². The van der Waals surface area contributed by atoms with Gasteiger partial charge in [-0.3, -0.25) is 14.8 Å². The fraction of sp³-hybridized carbons (Fsp3) is 0.278. The standard InChI is InChI=1S/C18H20N4O5/c23-16(24)8-7-15(17(25)26)21-18(27)22(11-13-5-1-3-9-19-13)12-14-6-2-4-10-20-14/h1-6,9-10,15H,7-8,11-12H2,(H,21,27)(H,23,24)(H,25,26)/t15-/m0/s1. The van der Waals surface area contributed by atoms with Crippen LogP contribution in [0, 0.1) is 0 Å². The molecule has 142 valence electrons. The second kappa shape index (κ2) is 9.85. The number of nitrogens with zero attached hydrogens (tertiary/aromatic N) is 3. The predicted molar refractivity (Wildman–Crippen MR) is 94.5 cm³/mol. The molecule has 2 heterocycles. The van der Waals surface area contributed by atoms with E-state index in [1.165, 1.54) is 4.90 Å². The normalized spacial score (nSPS) is 11.4. The van der Waals surface area contributed by atoms with E-state index in [1.807, 2.05) is 0 Å². The lowest BCUT2D eigenvalue weighted by molar-refractivity contribution is -0.140. The average molecular weight is 372 g/mol. The summed E-state index contributed by atoms with van der Waals surface area (Å²) < 4.78 is 0. The lowest BCUT2D eigenvalue weighted by Gasteiger charge is -2.24. The number of hydrogen-bond acceptors (Lipinski definition) is 5. The minimum Gasteiger partial charge on any atom is -0.481 e. The number of carboxylic acid groups (broad SMARTS) is 2. The molecule has 0 bridgehead atoms. The van der Waals surface area contributed by atoms with E-state index in [-0.39, 0.29) is 25.9 Å². The van der Waals surface area contributed by atoms with Crippen LogP contribution in [0.3, 0.4) is 0 Å². The van der Waals surface area contributed by atoms with Gasteiger partial charge >= 0.3 is 18.0 Å². The number of aliphatic carboxylic acids is 2. The second-order valence-corrected chi connectivity index (χ2v) is 5.77. The van der Waals surface area contributed by atoms with Gasteiger partial charge in [0, 0.05) is 18.8 Å². The van der Waals surface area contributed by atoms with Gasteiger partial charge in [-0.05, 0) is 30.7 Å².